The van der Waals surface area contributed by atoms with Crippen molar-refractivity contribution in [2.75, 3.05) is 18.5 Å². The van der Waals surface area contributed by atoms with Gasteiger partial charge >= 0.3 is 0 Å². The summed E-state index contributed by atoms with van der Waals surface area (Å²) in [6, 6.07) is 13.3. The number of ether oxygens (including phenoxy) is 2. The lowest BCUT2D eigenvalue weighted by molar-refractivity contribution is 0.0679. The van der Waals surface area contributed by atoms with E-state index in [9.17, 15) is 4.79 Å². The molecule has 2 aliphatic heterocycles. The number of nitrogens with zero attached hydrogens (tertiary/aromatic N) is 2. The molecule has 0 aliphatic carbocycles. The second-order valence-electron chi connectivity index (χ2n) is 8.12. The van der Waals surface area contributed by atoms with E-state index in [0.717, 1.165) is 55.0 Å². The Morgan fingerprint density at radius 3 is 3.03 bits per heavy atom. The maximum Gasteiger partial charge on any atom is 0.255 e. The first-order valence-corrected chi connectivity index (χ1v) is 10.9. The van der Waals surface area contributed by atoms with E-state index in [0.29, 0.717) is 17.9 Å². The van der Waals surface area contributed by atoms with Crippen molar-refractivity contribution < 1.29 is 14.3 Å². The number of imidazole rings is 1. The zero-order valence-corrected chi connectivity index (χ0v) is 17.1. The molecule has 0 radical (unpaired) electrons. The van der Waals surface area contributed by atoms with Crippen LogP contribution < -0.4 is 10.1 Å². The van der Waals surface area contributed by atoms with E-state index < -0.39 is 0 Å². The zero-order chi connectivity index (χ0) is 20.3. The molecule has 0 spiro atoms. The van der Waals surface area contributed by atoms with Crippen molar-refractivity contribution in [3.05, 3.63) is 53.9 Å². The summed E-state index contributed by atoms with van der Waals surface area (Å²) >= 11 is 0. The average Bonchev–Trinajstić information content (AvgIpc) is 3.34. The summed E-state index contributed by atoms with van der Waals surface area (Å²) in [5.41, 5.74) is 3.42. The maximum absolute atomic E-state index is 12.8. The number of carbonyl (C=O) groups is 1. The number of hydrogen-bond donors (Lipinski definition) is 1. The Kier molecular flexibility index (Phi) is 5.41. The average molecular weight is 405 g/mol. The van der Waals surface area contributed by atoms with E-state index in [-0.39, 0.29) is 12.0 Å². The Bertz CT molecular complexity index is 1050. The SMILES string of the molecule is O=C(Nc1ccc2c(c1)nc1n2CCCCC1)c1cccc(OCC2CCCO2)c1. The molecule has 156 valence electrons. The Labute approximate surface area is 176 Å². The largest absolute Gasteiger partial charge is 0.491 e. The van der Waals surface area contributed by atoms with Crippen LogP contribution in [0.3, 0.4) is 0 Å². The van der Waals surface area contributed by atoms with Crippen molar-refractivity contribution in [2.24, 2.45) is 0 Å². The van der Waals surface area contributed by atoms with E-state index in [1.54, 1.807) is 12.1 Å². The van der Waals surface area contributed by atoms with Crippen molar-refractivity contribution in [3.8, 4) is 5.75 Å². The molecule has 2 aromatic carbocycles. The number of hydrogen-bond acceptors (Lipinski definition) is 4. The molecule has 2 aliphatic rings. The second kappa shape index (κ2) is 8.48. The molecule has 3 heterocycles. The van der Waals surface area contributed by atoms with E-state index in [4.69, 9.17) is 14.5 Å². The molecule has 1 N–H and O–H groups in total. The first kappa shape index (κ1) is 19.1. The first-order chi connectivity index (χ1) is 14.8. The molecule has 1 saturated heterocycles. The van der Waals surface area contributed by atoms with Crippen LogP contribution in [0.4, 0.5) is 5.69 Å². The van der Waals surface area contributed by atoms with Gasteiger partial charge in [-0.2, -0.15) is 0 Å². The van der Waals surface area contributed by atoms with Gasteiger partial charge in [0.2, 0.25) is 0 Å². The molecule has 5 rings (SSSR count). The Morgan fingerprint density at radius 2 is 2.13 bits per heavy atom. The van der Waals surface area contributed by atoms with Gasteiger partial charge in [0.15, 0.2) is 0 Å². The van der Waals surface area contributed by atoms with Gasteiger partial charge in [0.1, 0.15) is 18.2 Å². The molecule has 3 aromatic rings. The van der Waals surface area contributed by atoms with Gasteiger partial charge in [-0.1, -0.05) is 12.5 Å². The molecular formula is C24H27N3O3. The molecule has 6 nitrogen and oxygen atoms in total. The van der Waals surface area contributed by atoms with E-state index in [2.05, 4.69) is 16.0 Å². The Hall–Kier alpha value is -2.86. The van der Waals surface area contributed by atoms with Crippen LogP contribution in [0.25, 0.3) is 11.0 Å². The fourth-order valence-electron chi connectivity index (χ4n) is 4.32. The lowest BCUT2D eigenvalue weighted by atomic mass is 10.2. The zero-order valence-electron chi connectivity index (χ0n) is 17.1. The number of anilines is 1. The van der Waals surface area contributed by atoms with Gasteiger partial charge in [0.05, 0.1) is 17.1 Å². The number of aryl methyl sites for hydroxylation is 2. The molecule has 1 unspecified atom stereocenters. The topological polar surface area (TPSA) is 65.4 Å². The number of amides is 1. The van der Waals surface area contributed by atoms with Gasteiger partial charge in [-0.05, 0) is 62.1 Å². The summed E-state index contributed by atoms with van der Waals surface area (Å²) in [5, 5.41) is 3.00. The number of aromatic nitrogens is 2. The molecule has 6 heteroatoms. The third-order valence-electron chi connectivity index (χ3n) is 5.92. The molecule has 30 heavy (non-hydrogen) atoms. The fourth-order valence-corrected chi connectivity index (χ4v) is 4.32. The summed E-state index contributed by atoms with van der Waals surface area (Å²) in [5.74, 6) is 1.69. The molecule has 1 aromatic heterocycles. The summed E-state index contributed by atoms with van der Waals surface area (Å²) in [6.45, 7) is 2.35. The minimum absolute atomic E-state index is 0.152. The van der Waals surface area contributed by atoms with Crippen molar-refractivity contribution in [1.82, 2.24) is 9.55 Å². The lowest BCUT2D eigenvalue weighted by Crippen LogP contribution is -2.17. The van der Waals surface area contributed by atoms with Gasteiger partial charge in [0.25, 0.3) is 5.91 Å². The van der Waals surface area contributed by atoms with Crippen LogP contribution in [0.5, 0.6) is 5.75 Å². The van der Waals surface area contributed by atoms with Crippen LogP contribution in [0.15, 0.2) is 42.5 Å². The normalized spacial score (nSPS) is 18.7. The van der Waals surface area contributed by atoms with Crippen LogP contribution in [-0.2, 0) is 17.7 Å². The molecule has 0 saturated carbocycles. The Balaban J connectivity index is 1.29. The molecule has 1 fully saturated rings. The molecular weight excluding hydrogens is 378 g/mol. The van der Waals surface area contributed by atoms with Crippen molar-refractivity contribution in [1.29, 1.82) is 0 Å². The first-order valence-electron chi connectivity index (χ1n) is 10.9. The van der Waals surface area contributed by atoms with Gasteiger partial charge < -0.3 is 19.4 Å². The van der Waals surface area contributed by atoms with E-state index in [1.807, 2.05) is 24.3 Å². The highest BCUT2D eigenvalue weighted by molar-refractivity contribution is 6.05. The third-order valence-corrected chi connectivity index (χ3v) is 5.92. The summed E-state index contributed by atoms with van der Waals surface area (Å²) in [6.07, 6.45) is 6.94. The number of nitrogens with one attached hydrogen (secondary N) is 1. The summed E-state index contributed by atoms with van der Waals surface area (Å²) in [7, 11) is 0. The van der Waals surface area contributed by atoms with Gasteiger partial charge in [0, 0.05) is 30.8 Å². The number of fused-ring (bicyclic) bond motifs is 3. The summed E-state index contributed by atoms with van der Waals surface area (Å²) in [4.78, 5) is 17.6. The molecule has 0 bridgehead atoms. The van der Waals surface area contributed by atoms with Crippen molar-refractivity contribution in [2.45, 2.75) is 51.2 Å². The number of benzene rings is 2. The molecule has 1 atom stereocenters. The van der Waals surface area contributed by atoms with Crippen molar-refractivity contribution >= 4 is 22.6 Å². The number of carbonyl (C=O) groups excluding carboxylic acids is 1. The Morgan fingerprint density at radius 1 is 1.17 bits per heavy atom. The van der Waals surface area contributed by atoms with Gasteiger partial charge in [-0.15, -0.1) is 0 Å². The van der Waals surface area contributed by atoms with Crippen LogP contribution >= 0.6 is 0 Å². The minimum Gasteiger partial charge on any atom is -0.491 e. The smallest absolute Gasteiger partial charge is 0.255 e. The third kappa shape index (κ3) is 4.05. The monoisotopic (exact) mass is 405 g/mol. The van der Waals surface area contributed by atoms with E-state index >= 15 is 0 Å². The van der Waals surface area contributed by atoms with Gasteiger partial charge in [-0.3, -0.25) is 4.79 Å². The predicted octanol–water partition coefficient (Wildman–Crippen LogP) is 4.57. The minimum atomic E-state index is -0.155. The van der Waals surface area contributed by atoms with Crippen LogP contribution in [0.2, 0.25) is 0 Å². The molecule has 1 amide bonds. The standard InChI is InChI=1S/C24H27N3O3/c28-24(17-6-4-7-19(14-17)30-16-20-8-5-13-29-20)25-18-10-11-22-21(15-18)26-23-9-2-1-3-12-27(22)23/h4,6-7,10-11,14-15,20H,1-3,5,8-9,12-13,16H2,(H,25,28). The van der Waals surface area contributed by atoms with Crippen LogP contribution in [0.1, 0.15) is 48.3 Å². The maximum atomic E-state index is 12.8. The highest BCUT2D eigenvalue weighted by atomic mass is 16.5. The lowest BCUT2D eigenvalue weighted by Gasteiger charge is -2.12. The number of rotatable bonds is 5. The second-order valence-corrected chi connectivity index (χ2v) is 8.12. The highest BCUT2D eigenvalue weighted by Crippen LogP contribution is 2.25. The van der Waals surface area contributed by atoms with Gasteiger partial charge in [-0.25, -0.2) is 4.98 Å². The van der Waals surface area contributed by atoms with Crippen LogP contribution in [0, 0.1) is 0 Å². The van der Waals surface area contributed by atoms with E-state index in [1.165, 1.54) is 19.3 Å². The van der Waals surface area contributed by atoms with Crippen molar-refractivity contribution in [3.63, 3.8) is 0 Å². The highest BCUT2D eigenvalue weighted by Gasteiger charge is 2.17. The predicted molar refractivity (Wildman–Crippen MR) is 116 cm³/mol. The summed E-state index contributed by atoms with van der Waals surface area (Å²) < 4.78 is 13.7. The van der Waals surface area contributed by atoms with Crippen LogP contribution in [-0.4, -0.2) is 34.8 Å². The quantitative estimate of drug-likeness (QED) is 0.675. The fraction of sp³-hybridized carbons (Fsp3) is 0.417.